The van der Waals surface area contributed by atoms with Crippen LogP contribution in [0.4, 0.5) is 0 Å². The fourth-order valence-corrected chi connectivity index (χ4v) is 4.49. The molecule has 0 radical (unpaired) electrons. The van der Waals surface area contributed by atoms with Crippen LogP contribution in [0.2, 0.25) is 0 Å². The zero-order valence-electron chi connectivity index (χ0n) is 17.7. The van der Waals surface area contributed by atoms with Gasteiger partial charge in [-0.2, -0.15) is 0 Å². The van der Waals surface area contributed by atoms with Gasteiger partial charge < -0.3 is 9.84 Å². The number of esters is 1. The normalized spacial score (nSPS) is 15.1. The number of rotatable bonds is 4. The highest BCUT2D eigenvalue weighted by Crippen LogP contribution is 2.37. The van der Waals surface area contributed by atoms with Crippen molar-refractivity contribution in [2.45, 2.75) is 19.3 Å². The van der Waals surface area contributed by atoms with Gasteiger partial charge in [0.25, 0.3) is 5.91 Å². The second kappa shape index (κ2) is 8.39. The molecule has 1 aliphatic carbocycles. The van der Waals surface area contributed by atoms with Crippen LogP contribution in [0.25, 0.3) is 10.9 Å². The van der Waals surface area contributed by atoms with Gasteiger partial charge in [-0.15, -0.1) is 0 Å². The van der Waals surface area contributed by atoms with Crippen molar-refractivity contribution in [3.8, 4) is 5.75 Å². The van der Waals surface area contributed by atoms with Crippen molar-refractivity contribution in [1.29, 1.82) is 0 Å². The number of ether oxygens (including phenoxy) is 1. The van der Waals surface area contributed by atoms with Gasteiger partial charge in [0.15, 0.2) is 0 Å². The van der Waals surface area contributed by atoms with Crippen molar-refractivity contribution >= 4 is 28.7 Å². The maximum Gasteiger partial charge on any atom is 0.343 e. The topological polar surface area (TPSA) is 85.6 Å². The molecule has 0 fully saturated rings. The molecule has 5 rings (SSSR count). The molecule has 6 heteroatoms. The van der Waals surface area contributed by atoms with E-state index >= 15 is 0 Å². The van der Waals surface area contributed by atoms with Gasteiger partial charge in [0.1, 0.15) is 5.75 Å². The minimum atomic E-state index is -0.845. The number of fused-ring (bicyclic) bond motifs is 3. The second-order valence-corrected chi connectivity index (χ2v) is 8.14. The lowest BCUT2D eigenvalue weighted by molar-refractivity contribution is -0.142. The van der Waals surface area contributed by atoms with Crippen LogP contribution >= 0.6 is 0 Å². The lowest BCUT2D eigenvalue weighted by Crippen LogP contribution is -2.24. The Bertz CT molecular complexity index is 1370. The number of hydrogen-bond donors (Lipinski definition) is 1. The standard InChI is InChI=1S/C27H21NO5/c29-25(17-7-3-1-4-8-17)28-23-13-11-19(26(30)31)15-21(23)22-16-20(12-14-24(22)28)33-27(32)18-9-5-2-6-10-18/h1-10,12,14,16,19H,11,13,15H2,(H,30,31). The first-order chi connectivity index (χ1) is 16.0. The third-order valence-electron chi connectivity index (χ3n) is 6.13. The van der Waals surface area contributed by atoms with E-state index in [1.807, 2.05) is 24.3 Å². The van der Waals surface area contributed by atoms with E-state index in [2.05, 4.69) is 0 Å². The van der Waals surface area contributed by atoms with E-state index in [1.54, 1.807) is 59.2 Å². The number of hydrogen-bond acceptors (Lipinski definition) is 4. The number of nitrogens with zero attached hydrogens (tertiary/aromatic N) is 1. The predicted octanol–water partition coefficient (Wildman–Crippen LogP) is 4.74. The van der Waals surface area contributed by atoms with Gasteiger partial charge in [-0.1, -0.05) is 36.4 Å². The number of carboxylic acids is 1. The number of aliphatic carboxylic acids is 1. The molecule has 1 atom stereocenters. The monoisotopic (exact) mass is 439 g/mol. The van der Waals surface area contributed by atoms with E-state index in [1.165, 1.54) is 0 Å². The average Bonchev–Trinajstić information content (AvgIpc) is 3.17. The Balaban J connectivity index is 1.60. The van der Waals surface area contributed by atoms with Crippen molar-refractivity contribution < 1.29 is 24.2 Å². The second-order valence-electron chi connectivity index (χ2n) is 8.14. The van der Waals surface area contributed by atoms with Crippen molar-refractivity contribution in [3.05, 3.63) is 101 Å². The highest BCUT2D eigenvalue weighted by Gasteiger charge is 2.31. The summed E-state index contributed by atoms with van der Waals surface area (Å²) in [6.45, 7) is 0. The van der Waals surface area contributed by atoms with Crippen LogP contribution in [0.5, 0.6) is 5.75 Å². The van der Waals surface area contributed by atoms with Crippen LogP contribution in [-0.4, -0.2) is 27.5 Å². The highest BCUT2D eigenvalue weighted by atomic mass is 16.5. The summed E-state index contributed by atoms with van der Waals surface area (Å²) < 4.78 is 7.26. The molecule has 0 bridgehead atoms. The van der Waals surface area contributed by atoms with Crippen molar-refractivity contribution in [2.75, 3.05) is 0 Å². The van der Waals surface area contributed by atoms with E-state index in [4.69, 9.17) is 4.74 Å². The van der Waals surface area contributed by atoms with Crippen LogP contribution in [0.3, 0.4) is 0 Å². The fourth-order valence-electron chi connectivity index (χ4n) is 4.49. The van der Waals surface area contributed by atoms with Gasteiger partial charge in [0.2, 0.25) is 0 Å². The van der Waals surface area contributed by atoms with Crippen molar-refractivity contribution in [1.82, 2.24) is 4.57 Å². The van der Waals surface area contributed by atoms with Crippen LogP contribution < -0.4 is 4.74 Å². The molecule has 1 heterocycles. The maximum absolute atomic E-state index is 13.4. The van der Waals surface area contributed by atoms with Gasteiger partial charge >= 0.3 is 11.9 Å². The quantitative estimate of drug-likeness (QED) is 0.367. The van der Waals surface area contributed by atoms with E-state index in [9.17, 15) is 19.5 Å². The van der Waals surface area contributed by atoms with E-state index in [0.717, 1.165) is 16.6 Å². The smallest absolute Gasteiger partial charge is 0.343 e. The van der Waals surface area contributed by atoms with Crippen LogP contribution in [0, 0.1) is 5.92 Å². The Kier molecular flexibility index (Phi) is 5.26. The third kappa shape index (κ3) is 3.80. The van der Waals surface area contributed by atoms with E-state index in [0.29, 0.717) is 41.7 Å². The molecule has 0 spiro atoms. The molecule has 1 N–H and O–H groups in total. The lowest BCUT2D eigenvalue weighted by atomic mass is 9.86. The molecular formula is C27H21NO5. The van der Waals surface area contributed by atoms with Gasteiger partial charge in [-0.05, 0) is 67.3 Å². The highest BCUT2D eigenvalue weighted by molar-refractivity contribution is 6.04. The summed E-state index contributed by atoms with van der Waals surface area (Å²) in [4.78, 5) is 37.6. The largest absolute Gasteiger partial charge is 0.481 e. The summed E-state index contributed by atoms with van der Waals surface area (Å²) in [7, 11) is 0. The fraction of sp³-hybridized carbons (Fsp3) is 0.148. The van der Waals surface area contributed by atoms with Gasteiger partial charge in [0, 0.05) is 16.6 Å². The number of carboxylic acid groups (broad SMARTS) is 1. The Hall–Kier alpha value is -4.19. The van der Waals surface area contributed by atoms with Gasteiger partial charge in [0.05, 0.1) is 17.0 Å². The number of aromatic nitrogens is 1. The summed E-state index contributed by atoms with van der Waals surface area (Å²) >= 11 is 0. The Labute approximate surface area is 190 Å². The molecule has 164 valence electrons. The Morgan fingerprint density at radius 2 is 1.55 bits per heavy atom. The molecule has 4 aromatic rings. The van der Waals surface area contributed by atoms with E-state index < -0.39 is 17.9 Å². The third-order valence-corrected chi connectivity index (χ3v) is 6.13. The van der Waals surface area contributed by atoms with Crippen LogP contribution in [0.1, 0.15) is 38.4 Å². The van der Waals surface area contributed by atoms with Crippen molar-refractivity contribution in [2.24, 2.45) is 5.92 Å². The molecule has 1 unspecified atom stereocenters. The molecule has 33 heavy (non-hydrogen) atoms. The molecule has 1 aliphatic rings. The zero-order chi connectivity index (χ0) is 22.9. The molecule has 0 amide bonds. The minimum absolute atomic E-state index is 0.162. The SMILES string of the molecule is O=C(Oc1ccc2c(c1)c1c(n2C(=O)c2ccccc2)CCC(C(=O)O)C1)c1ccccc1. The first-order valence-electron chi connectivity index (χ1n) is 10.8. The molecule has 0 saturated carbocycles. The molecule has 0 saturated heterocycles. The van der Waals surface area contributed by atoms with Crippen LogP contribution in [0.15, 0.2) is 78.9 Å². The molecule has 0 aliphatic heterocycles. The predicted molar refractivity (Wildman–Crippen MR) is 123 cm³/mol. The zero-order valence-corrected chi connectivity index (χ0v) is 17.7. The summed E-state index contributed by atoms with van der Waals surface area (Å²) in [5.74, 6) is -1.65. The lowest BCUT2D eigenvalue weighted by Gasteiger charge is -2.20. The Morgan fingerprint density at radius 1 is 0.879 bits per heavy atom. The van der Waals surface area contributed by atoms with E-state index in [-0.39, 0.29) is 5.91 Å². The average molecular weight is 439 g/mol. The van der Waals surface area contributed by atoms with Gasteiger partial charge in [-0.25, -0.2) is 4.79 Å². The summed E-state index contributed by atoms with van der Waals surface area (Å²) in [6.07, 6.45) is 1.28. The molecular weight excluding hydrogens is 418 g/mol. The summed E-state index contributed by atoms with van der Waals surface area (Å²) in [5.41, 5.74) is 3.31. The number of carbonyl (C=O) groups excluding carboxylic acids is 2. The maximum atomic E-state index is 13.4. The minimum Gasteiger partial charge on any atom is -0.481 e. The summed E-state index contributed by atoms with van der Waals surface area (Å²) in [6, 6.07) is 22.9. The molecule has 1 aromatic heterocycles. The first kappa shape index (κ1) is 20.7. The van der Waals surface area contributed by atoms with Crippen molar-refractivity contribution in [3.63, 3.8) is 0 Å². The van der Waals surface area contributed by atoms with Gasteiger partial charge in [-0.3, -0.25) is 14.2 Å². The number of carbonyl (C=O) groups is 3. The first-order valence-corrected chi connectivity index (χ1v) is 10.8. The number of benzene rings is 3. The molecule has 6 nitrogen and oxygen atoms in total. The Morgan fingerprint density at radius 3 is 2.21 bits per heavy atom. The molecule has 3 aromatic carbocycles. The van der Waals surface area contributed by atoms with Crippen LogP contribution in [-0.2, 0) is 17.6 Å². The summed E-state index contributed by atoms with van der Waals surface area (Å²) in [5, 5.41) is 10.3.